The van der Waals surface area contributed by atoms with E-state index in [1.54, 1.807) is 7.11 Å². The fourth-order valence-corrected chi connectivity index (χ4v) is 3.83. The molecule has 0 aliphatic heterocycles. The molecule has 0 aromatic heterocycles. The maximum Gasteiger partial charge on any atom is 0.118 e. The van der Waals surface area contributed by atoms with Crippen molar-refractivity contribution in [2.24, 2.45) is 0 Å². The first-order chi connectivity index (χ1) is 11.5. The van der Waals surface area contributed by atoms with Crippen LogP contribution < -0.4 is 9.64 Å². The molecule has 3 nitrogen and oxygen atoms in total. The Bertz CT molecular complexity index is 663. The Hall–Kier alpha value is -2.00. The molecular formula is C21H27NO2. The van der Waals surface area contributed by atoms with Gasteiger partial charge in [-0.25, -0.2) is 0 Å². The highest BCUT2D eigenvalue weighted by molar-refractivity contribution is 5.47. The van der Waals surface area contributed by atoms with Crippen molar-refractivity contribution in [2.45, 2.75) is 37.2 Å². The standard InChI is InChI=1S/C21H27NO2/c1-22(2)18-11-7-16(8-12-18)20-6-4-5-15-21(20,23)17-9-13-19(24-3)14-10-17/h7-14,20,23H,4-6,15H2,1-3H3. The lowest BCUT2D eigenvalue weighted by Gasteiger charge is -2.41. The summed E-state index contributed by atoms with van der Waals surface area (Å²) in [5.74, 6) is 0.959. The van der Waals surface area contributed by atoms with Gasteiger partial charge in [0.05, 0.1) is 12.7 Å². The molecule has 0 bridgehead atoms. The molecule has 0 saturated heterocycles. The number of methoxy groups -OCH3 is 1. The third-order valence-electron chi connectivity index (χ3n) is 5.28. The highest BCUT2D eigenvalue weighted by atomic mass is 16.5. The second-order valence-corrected chi connectivity index (χ2v) is 6.94. The van der Waals surface area contributed by atoms with Crippen LogP contribution in [-0.2, 0) is 5.60 Å². The zero-order valence-electron chi connectivity index (χ0n) is 14.8. The zero-order valence-corrected chi connectivity index (χ0v) is 14.8. The van der Waals surface area contributed by atoms with Gasteiger partial charge >= 0.3 is 0 Å². The van der Waals surface area contributed by atoms with Crippen molar-refractivity contribution in [2.75, 3.05) is 26.1 Å². The van der Waals surface area contributed by atoms with Crippen LogP contribution in [0.25, 0.3) is 0 Å². The summed E-state index contributed by atoms with van der Waals surface area (Å²) in [6.07, 6.45) is 4.05. The first-order valence-corrected chi connectivity index (χ1v) is 8.69. The number of aliphatic hydroxyl groups is 1. The van der Waals surface area contributed by atoms with Crippen molar-refractivity contribution < 1.29 is 9.84 Å². The normalized spacial score (nSPS) is 23.8. The topological polar surface area (TPSA) is 32.7 Å². The minimum Gasteiger partial charge on any atom is -0.497 e. The van der Waals surface area contributed by atoms with E-state index in [-0.39, 0.29) is 5.92 Å². The average Bonchev–Trinajstić information content (AvgIpc) is 2.62. The van der Waals surface area contributed by atoms with E-state index in [1.165, 1.54) is 17.7 Å². The van der Waals surface area contributed by atoms with Crippen molar-refractivity contribution in [3.8, 4) is 5.75 Å². The van der Waals surface area contributed by atoms with Crippen LogP contribution in [0.5, 0.6) is 5.75 Å². The van der Waals surface area contributed by atoms with Gasteiger partial charge in [-0.15, -0.1) is 0 Å². The van der Waals surface area contributed by atoms with Gasteiger partial charge in [-0.2, -0.15) is 0 Å². The van der Waals surface area contributed by atoms with Crippen LogP contribution >= 0.6 is 0 Å². The molecule has 2 aromatic carbocycles. The van der Waals surface area contributed by atoms with E-state index in [2.05, 4.69) is 29.2 Å². The van der Waals surface area contributed by atoms with Crippen molar-refractivity contribution in [3.05, 3.63) is 59.7 Å². The second kappa shape index (κ2) is 6.86. The summed E-state index contributed by atoms with van der Waals surface area (Å²) in [7, 11) is 5.76. The first-order valence-electron chi connectivity index (χ1n) is 8.69. The van der Waals surface area contributed by atoms with Gasteiger partial charge < -0.3 is 14.7 Å². The third-order valence-corrected chi connectivity index (χ3v) is 5.28. The van der Waals surface area contributed by atoms with Gasteiger partial charge in [0.2, 0.25) is 0 Å². The molecule has 0 amide bonds. The minimum absolute atomic E-state index is 0.135. The molecule has 0 spiro atoms. The molecule has 1 aliphatic carbocycles. The lowest BCUT2D eigenvalue weighted by Crippen LogP contribution is -2.36. The molecule has 1 aliphatic rings. The Morgan fingerprint density at radius 1 is 1.00 bits per heavy atom. The summed E-state index contributed by atoms with van der Waals surface area (Å²) in [5, 5.41) is 11.5. The number of nitrogens with zero attached hydrogens (tertiary/aromatic N) is 1. The predicted molar refractivity (Wildman–Crippen MR) is 98.9 cm³/mol. The molecule has 1 saturated carbocycles. The molecule has 3 heteroatoms. The molecule has 0 heterocycles. The van der Waals surface area contributed by atoms with Crippen LogP contribution in [0, 0.1) is 0 Å². The average molecular weight is 325 g/mol. The summed E-state index contributed by atoms with van der Waals surface area (Å²) in [6, 6.07) is 16.5. The Kier molecular flexibility index (Phi) is 4.81. The van der Waals surface area contributed by atoms with Gasteiger partial charge in [0.1, 0.15) is 5.75 Å². The number of hydrogen-bond acceptors (Lipinski definition) is 3. The molecule has 24 heavy (non-hydrogen) atoms. The maximum atomic E-state index is 11.5. The van der Waals surface area contributed by atoms with Crippen molar-refractivity contribution in [1.82, 2.24) is 0 Å². The molecule has 2 atom stereocenters. The largest absolute Gasteiger partial charge is 0.497 e. The van der Waals surface area contributed by atoms with Gasteiger partial charge in [-0.1, -0.05) is 37.1 Å². The Labute approximate surface area is 144 Å². The lowest BCUT2D eigenvalue weighted by atomic mass is 9.68. The van der Waals surface area contributed by atoms with Crippen LogP contribution in [0.4, 0.5) is 5.69 Å². The summed E-state index contributed by atoms with van der Waals surface area (Å²) in [6.45, 7) is 0. The predicted octanol–water partition coefficient (Wildman–Crippen LogP) is 4.31. The Morgan fingerprint density at radius 2 is 1.67 bits per heavy atom. The Balaban J connectivity index is 1.94. The number of ether oxygens (including phenoxy) is 1. The zero-order chi connectivity index (χ0) is 17.2. The van der Waals surface area contributed by atoms with Crippen molar-refractivity contribution >= 4 is 5.69 Å². The van der Waals surface area contributed by atoms with Gasteiger partial charge in [0, 0.05) is 25.7 Å². The van der Waals surface area contributed by atoms with E-state index >= 15 is 0 Å². The number of anilines is 1. The molecule has 2 unspecified atom stereocenters. The third kappa shape index (κ3) is 3.13. The molecule has 0 radical (unpaired) electrons. The minimum atomic E-state index is -0.801. The fourth-order valence-electron chi connectivity index (χ4n) is 3.83. The van der Waals surface area contributed by atoms with E-state index in [0.717, 1.165) is 30.6 Å². The quantitative estimate of drug-likeness (QED) is 0.909. The number of rotatable bonds is 4. The lowest BCUT2D eigenvalue weighted by molar-refractivity contribution is -0.0224. The monoisotopic (exact) mass is 325 g/mol. The van der Waals surface area contributed by atoms with Crippen LogP contribution in [0.2, 0.25) is 0 Å². The molecular weight excluding hydrogens is 298 g/mol. The molecule has 2 aromatic rings. The molecule has 1 N–H and O–H groups in total. The van der Waals surface area contributed by atoms with E-state index in [1.807, 2.05) is 38.4 Å². The van der Waals surface area contributed by atoms with E-state index in [4.69, 9.17) is 4.74 Å². The summed E-state index contributed by atoms with van der Waals surface area (Å²) in [5.41, 5.74) is 2.59. The van der Waals surface area contributed by atoms with E-state index < -0.39 is 5.60 Å². The first kappa shape index (κ1) is 16.8. The molecule has 1 fully saturated rings. The highest BCUT2D eigenvalue weighted by Gasteiger charge is 2.41. The summed E-state index contributed by atoms with van der Waals surface area (Å²) < 4.78 is 5.25. The van der Waals surface area contributed by atoms with Gasteiger partial charge in [0.15, 0.2) is 0 Å². The smallest absolute Gasteiger partial charge is 0.118 e. The fraction of sp³-hybridized carbons (Fsp3) is 0.429. The van der Waals surface area contributed by atoms with Crippen LogP contribution in [0.15, 0.2) is 48.5 Å². The van der Waals surface area contributed by atoms with E-state index in [9.17, 15) is 5.11 Å². The van der Waals surface area contributed by atoms with Gasteiger partial charge in [-0.05, 0) is 48.2 Å². The van der Waals surface area contributed by atoms with Gasteiger partial charge in [-0.3, -0.25) is 0 Å². The number of benzene rings is 2. The SMILES string of the molecule is COc1ccc(C2(O)CCCCC2c2ccc(N(C)C)cc2)cc1. The Morgan fingerprint density at radius 3 is 2.25 bits per heavy atom. The summed E-state index contributed by atoms with van der Waals surface area (Å²) in [4.78, 5) is 2.10. The van der Waals surface area contributed by atoms with E-state index in [0.29, 0.717) is 0 Å². The van der Waals surface area contributed by atoms with Crippen LogP contribution in [0.3, 0.4) is 0 Å². The second-order valence-electron chi connectivity index (χ2n) is 6.94. The maximum absolute atomic E-state index is 11.5. The highest BCUT2D eigenvalue weighted by Crippen LogP contribution is 2.47. The molecule has 128 valence electrons. The van der Waals surface area contributed by atoms with Gasteiger partial charge in [0.25, 0.3) is 0 Å². The van der Waals surface area contributed by atoms with Crippen molar-refractivity contribution in [1.29, 1.82) is 0 Å². The van der Waals surface area contributed by atoms with Crippen LogP contribution in [0.1, 0.15) is 42.7 Å². The van der Waals surface area contributed by atoms with Crippen molar-refractivity contribution in [3.63, 3.8) is 0 Å². The molecule has 3 rings (SSSR count). The summed E-state index contributed by atoms with van der Waals surface area (Å²) >= 11 is 0. The number of hydrogen-bond donors (Lipinski definition) is 1. The van der Waals surface area contributed by atoms with Crippen LogP contribution in [-0.4, -0.2) is 26.3 Å².